The van der Waals surface area contributed by atoms with Gasteiger partial charge in [-0.15, -0.1) is 5.10 Å². The molecule has 3 aromatic heterocycles. The summed E-state index contributed by atoms with van der Waals surface area (Å²) in [5, 5.41) is 20.0. The van der Waals surface area contributed by atoms with Crippen LogP contribution < -0.4 is 15.4 Å². The maximum Gasteiger partial charge on any atom is 0.223 e. The van der Waals surface area contributed by atoms with E-state index in [0.717, 1.165) is 24.2 Å². The molecule has 1 aliphatic heterocycles. The number of fused-ring (bicyclic) bond motifs is 3. The summed E-state index contributed by atoms with van der Waals surface area (Å²) in [5.41, 5.74) is 8.34. The highest BCUT2D eigenvalue weighted by molar-refractivity contribution is 5.93. The number of nitrogen functional groups attached to an aromatic ring is 1. The summed E-state index contributed by atoms with van der Waals surface area (Å²) in [6, 6.07) is 3.20. The van der Waals surface area contributed by atoms with Crippen LogP contribution in [0.4, 0.5) is 16.0 Å². The summed E-state index contributed by atoms with van der Waals surface area (Å²) in [7, 11) is 1.41. The third-order valence-corrected chi connectivity index (χ3v) is 6.76. The average Bonchev–Trinajstić information content (AvgIpc) is 3.39. The van der Waals surface area contributed by atoms with Gasteiger partial charge in [-0.1, -0.05) is 0 Å². The van der Waals surface area contributed by atoms with Crippen LogP contribution in [-0.4, -0.2) is 59.8 Å². The third-order valence-electron chi connectivity index (χ3n) is 6.76. The number of anilines is 2. The minimum Gasteiger partial charge on any atom is -0.494 e. The molecule has 5 rings (SSSR count). The average molecular weight is 483 g/mol. The molecule has 11 heteroatoms. The van der Waals surface area contributed by atoms with E-state index >= 15 is 0 Å². The summed E-state index contributed by atoms with van der Waals surface area (Å²) in [5.74, 6) is 0.506. The number of ether oxygens (including phenoxy) is 1. The van der Waals surface area contributed by atoms with E-state index < -0.39 is 11.4 Å². The topological polar surface area (TPSA) is 120 Å². The van der Waals surface area contributed by atoms with E-state index in [0.29, 0.717) is 41.5 Å². The second-order valence-corrected chi connectivity index (χ2v) is 10.0. The fraction of sp³-hybridized carbons (Fsp3) is 0.500. The number of hydrogen-bond acceptors (Lipinski definition) is 8. The van der Waals surface area contributed by atoms with E-state index in [1.165, 1.54) is 23.8 Å². The fourth-order valence-corrected chi connectivity index (χ4v) is 4.87. The second-order valence-electron chi connectivity index (χ2n) is 10.0. The minimum absolute atomic E-state index is 0.0562. The third kappa shape index (κ3) is 4.13. The van der Waals surface area contributed by atoms with E-state index in [1.807, 2.05) is 17.8 Å². The molecule has 2 atom stereocenters. The first kappa shape index (κ1) is 23.3. The lowest BCUT2D eigenvalue weighted by atomic mass is 9.92. The molecule has 0 spiro atoms. The zero-order valence-electron chi connectivity index (χ0n) is 20.7. The summed E-state index contributed by atoms with van der Waals surface area (Å²) in [6.45, 7) is 8.89. The van der Waals surface area contributed by atoms with Crippen molar-refractivity contribution in [1.82, 2.24) is 29.4 Å². The van der Waals surface area contributed by atoms with Crippen molar-refractivity contribution in [3.63, 3.8) is 0 Å². The van der Waals surface area contributed by atoms with E-state index in [9.17, 15) is 9.50 Å². The van der Waals surface area contributed by atoms with Crippen molar-refractivity contribution in [2.24, 2.45) is 0 Å². The molecule has 10 nitrogen and oxygen atoms in total. The Labute approximate surface area is 202 Å². The number of benzene rings is 1. The molecule has 4 heterocycles. The number of hydrogen-bond donors (Lipinski definition) is 2. The molecule has 0 amide bonds. The van der Waals surface area contributed by atoms with Gasteiger partial charge in [0.25, 0.3) is 0 Å². The predicted octanol–water partition coefficient (Wildman–Crippen LogP) is 3.06. The molecule has 4 aromatic rings. The molecule has 1 aliphatic rings. The Bertz CT molecular complexity index is 1410. The molecule has 1 saturated heterocycles. The van der Waals surface area contributed by atoms with Gasteiger partial charge in [-0.05, 0) is 46.6 Å². The van der Waals surface area contributed by atoms with Crippen molar-refractivity contribution < 1.29 is 14.2 Å². The smallest absolute Gasteiger partial charge is 0.223 e. The van der Waals surface area contributed by atoms with Crippen molar-refractivity contribution in [2.45, 2.75) is 64.6 Å². The van der Waals surface area contributed by atoms with Gasteiger partial charge >= 0.3 is 0 Å². The van der Waals surface area contributed by atoms with Gasteiger partial charge in [0.1, 0.15) is 0 Å². The van der Waals surface area contributed by atoms with Gasteiger partial charge in [-0.2, -0.15) is 9.61 Å². The SMILES string of the molecule is COc1cc2nc(N)n3nc([C@@H]4CC[C@H](C)N(c5cnn(CC(C)(C)O)c5C)C4)nc3c2cc1F. The van der Waals surface area contributed by atoms with Crippen LogP contribution in [0.5, 0.6) is 5.75 Å². The highest BCUT2D eigenvalue weighted by Crippen LogP contribution is 2.35. The van der Waals surface area contributed by atoms with Gasteiger partial charge in [0.05, 0.1) is 42.4 Å². The van der Waals surface area contributed by atoms with Gasteiger partial charge in [0, 0.05) is 30.0 Å². The number of nitrogens with two attached hydrogens (primary N) is 1. The van der Waals surface area contributed by atoms with E-state index in [2.05, 4.69) is 27.0 Å². The Hall–Kier alpha value is -3.47. The van der Waals surface area contributed by atoms with Crippen LogP contribution in [0, 0.1) is 12.7 Å². The molecule has 0 aliphatic carbocycles. The quantitative estimate of drug-likeness (QED) is 0.445. The number of aromatic nitrogens is 6. The van der Waals surface area contributed by atoms with Crippen LogP contribution >= 0.6 is 0 Å². The first-order valence-corrected chi connectivity index (χ1v) is 11.8. The number of aliphatic hydroxyl groups is 1. The monoisotopic (exact) mass is 482 g/mol. The molecule has 1 aromatic carbocycles. The van der Waals surface area contributed by atoms with E-state index in [-0.39, 0.29) is 17.6 Å². The summed E-state index contributed by atoms with van der Waals surface area (Å²) in [4.78, 5) is 11.5. The Morgan fingerprint density at radius 1 is 1.26 bits per heavy atom. The highest BCUT2D eigenvalue weighted by Gasteiger charge is 2.32. The van der Waals surface area contributed by atoms with Gasteiger partial charge in [-0.3, -0.25) is 4.68 Å². The fourth-order valence-electron chi connectivity index (χ4n) is 4.87. The maximum atomic E-state index is 14.5. The van der Waals surface area contributed by atoms with Crippen LogP contribution in [0.2, 0.25) is 0 Å². The van der Waals surface area contributed by atoms with Crippen LogP contribution in [0.25, 0.3) is 16.6 Å². The molecule has 0 saturated carbocycles. The van der Waals surface area contributed by atoms with Crippen molar-refractivity contribution in [2.75, 3.05) is 24.3 Å². The number of piperidine rings is 1. The van der Waals surface area contributed by atoms with Crippen LogP contribution in [0.15, 0.2) is 18.3 Å². The normalized spacial score (nSPS) is 19.1. The lowest BCUT2D eigenvalue weighted by Gasteiger charge is -2.38. The number of nitrogens with zero attached hydrogens (tertiary/aromatic N) is 7. The summed E-state index contributed by atoms with van der Waals surface area (Å²) < 4.78 is 22.9. The highest BCUT2D eigenvalue weighted by atomic mass is 19.1. The van der Waals surface area contributed by atoms with Crippen molar-refractivity contribution in [3.8, 4) is 5.75 Å². The van der Waals surface area contributed by atoms with Gasteiger partial charge in [-0.25, -0.2) is 14.4 Å². The zero-order valence-corrected chi connectivity index (χ0v) is 20.7. The van der Waals surface area contributed by atoms with E-state index in [4.69, 9.17) is 15.5 Å². The zero-order chi connectivity index (χ0) is 25.1. The molecule has 3 N–H and O–H groups in total. The Balaban J connectivity index is 1.50. The lowest BCUT2D eigenvalue weighted by Crippen LogP contribution is -2.41. The van der Waals surface area contributed by atoms with Crippen molar-refractivity contribution in [1.29, 1.82) is 0 Å². The number of rotatable bonds is 5. The van der Waals surface area contributed by atoms with Crippen molar-refractivity contribution in [3.05, 3.63) is 35.7 Å². The molecule has 35 heavy (non-hydrogen) atoms. The van der Waals surface area contributed by atoms with Gasteiger partial charge in [0.2, 0.25) is 5.95 Å². The second kappa shape index (κ2) is 8.33. The van der Waals surface area contributed by atoms with E-state index in [1.54, 1.807) is 13.8 Å². The number of halogens is 1. The van der Waals surface area contributed by atoms with Crippen LogP contribution in [-0.2, 0) is 6.54 Å². The van der Waals surface area contributed by atoms with Gasteiger partial charge < -0.3 is 20.5 Å². The molecule has 186 valence electrons. The lowest BCUT2D eigenvalue weighted by molar-refractivity contribution is 0.0571. The molecular weight excluding hydrogens is 451 g/mol. The predicted molar refractivity (Wildman–Crippen MR) is 131 cm³/mol. The Morgan fingerprint density at radius 2 is 2.03 bits per heavy atom. The molecule has 1 fully saturated rings. The van der Waals surface area contributed by atoms with Crippen LogP contribution in [0.3, 0.4) is 0 Å². The summed E-state index contributed by atoms with van der Waals surface area (Å²) in [6.07, 6.45) is 3.73. The molecular formula is C24H31FN8O2. The molecule has 0 unspecified atom stereocenters. The Kier molecular flexibility index (Phi) is 5.54. The maximum absolute atomic E-state index is 14.5. The molecule has 0 bridgehead atoms. The number of methoxy groups -OCH3 is 1. The summed E-state index contributed by atoms with van der Waals surface area (Å²) >= 11 is 0. The van der Waals surface area contributed by atoms with Crippen molar-refractivity contribution >= 4 is 28.2 Å². The first-order valence-electron chi connectivity index (χ1n) is 11.8. The molecule has 0 radical (unpaired) electrons. The Morgan fingerprint density at radius 3 is 2.74 bits per heavy atom. The first-order chi connectivity index (χ1) is 16.6. The van der Waals surface area contributed by atoms with Gasteiger partial charge in [0.15, 0.2) is 23.0 Å². The minimum atomic E-state index is -0.856. The standard InChI is InChI=1S/C24H31FN8O2/c1-13-6-7-15(11-31(13)19-10-27-32(14(19)2)12-24(3,4)34)21-29-22-16-8-17(25)20(35-5)9-18(16)28-23(26)33(22)30-21/h8-10,13,15,34H,6-7,11-12H2,1-5H3,(H2,26,28)/t13-,15+/m0/s1. The van der Waals surface area contributed by atoms with Crippen LogP contribution in [0.1, 0.15) is 51.0 Å². The largest absolute Gasteiger partial charge is 0.494 e.